The molecule has 0 aromatic heterocycles. The zero-order valence-corrected chi connectivity index (χ0v) is 8.56. The van der Waals surface area contributed by atoms with E-state index in [0.29, 0.717) is 6.42 Å². The highest BCUT2D eigenvalue weighted by Crippen LogP contribution is 2.05. The maximum absolute atomic E-state index is 10.8. The minimum Gasteiger partial charge on any atom is -0.481 e. The topological polar surface area (TPSA) is 77.8 Å². The van der Waals surface area contributed by atoms with Crippen LogP contribution < -0.4 is 0 Å². The van der Waals surface area contributed by atoms with Gasteiger partial charge < -0.3 is 10.2 Å². The molecular formula is C9H17NO4. The van der Waals surface area contributed by atoms with E-state index < -0.39 is 18.0 Å². The van der Waals surface area contributed by atoms with Crippen LogP contribution in [0, 0.1) is 0 Å². The molecule has 82 valence electrons. The summed E-state index contributed by atoms with van der Waals surface area (Å²) in [5.41, 5.74) is 0. The molecule has 0 aliphatic heterocycles. The summed E-state index contributed by atoms with van der Waals surface area (Å²) >= 11 is 0. The van der Waals surface area contributed by atoms with Crippen LogP contribution in [0.2, 0.25) is 0 Å². The van der Waals surface area contributed by atoms with E-state index in [1.165, 1.54) is 0 Å². The highest BCUT2D eigenvalue weighted by atomic mass is 16.4. The fourth-order valence-corrected chi connectivity index (χ4v) is 1.23. The van der Waals surface area contributed by atoms with E-state index in [0.717, 1.165) is 6.42 Å². The molecule has 5 heteroatoms. The molecule has 0 radical (unpaired) electrons. The number of carboxylic acid groups (broad SMARTS) is 2. The summed E-state index contributed by atoms with van der Waals surface area (Å²) < 4.78 is 0. The van der Waals surface area contributed by atoms with Crippen molar-refractivity contribution in [3.8, 4) is 0 Å². The lowest BCUT2D eigenvalue weighted by Gasteiger charge is -2.23. The maximum atomic E-state index is 10.8. The van der Waals surface area contributed by atoms with Crippen LogP contribution in [0.1, 0.15) is 26.2 Å². The molecule has 2 N–H and O–H groups in total. The molecule has 0 fully saturated rings. The summed E-state index contributed by atoms with van der Waals surface area (Å²) in [6.07, 6.45) is 1.30. The van der Waals surface area contributed by atoms with Crippen molar-refractivity contribution in [2.45, 2.75) is 32.2 Å². The highest BCUT2D eigenvalue weighted by molar-refractivity contribution is 5.73. The van der Waals surface area contributed by atoms with Gasteiger partial charge in [0.15, 0.2) is 0 Å². The van der Waals surface area contributed by atoms with Crippen molar-refractivity contribution in [2.24, 2.45) is 0 Å². The summed E-state index contributed by atoms with van der Waals surface area (Å²) in [5, 5.41) is 17.3. The summed E-state index contributed by atoms with van der Waals surface area (Å²) in [7, 11) is 1.64. The van der Waals surface area contributed by atoms with Crippen LogP contribution in [0.3, 0.4) is 0 Å². The molecule has 1 atom stereocenters. The Hall–Kier alpha value is -1.10. The van der Waals surface area contributed by atoms with Gasteiger partial charge in [-0.25, -0.2) is 0 Å². The second-order valence-electron chi connectivity index (χ2n) is 3.27. The van der Waals surface area contributed by atoms with E-state index in [-0.39, 0.29) is 13.0 Å². The molecule has 0 aliphatic rings. The molecule has 0 heterocycles. The van der Waals surface area contributed by atoms with Gasteiger partial charge in [-0.1, -0.05) is 13.3 Å². The Balaban J connectivity index is 4.07. The van der Waals surface area contributed by atoms with Gasteiger partial charge in [0, 0.05) is 6.54 Å². The van der Waals surface area contributed by atoms with Crippen molar-refractivity contribution in [2.75, 3.05) is 13.6 Å². The summed E-state index contributed by atoms with van der Waals surface area (Å²) in [5.74, 6) is -1.79. The molecule has 0 saturated heterocycles. The molecule has 0 bridgehead atoms. The van der Waals surface area contributed by atoms with Crippen LogP contribution in [0.4, 0.5) is 0 Å². The predicted octanol–water partition coefficient (Wildman–Crippen LogP) is 0.646. The molecule has 0 aromatic carbocycles. The first-order valence-electron chi connectivity index (χ1n) is 4.63. The number of rotatable bonds is 7. The summed E-state index contributed by atoms with van der Waals surface area (Å²) in [6.45, 7) is 2.17. The first-order chi connectivity index (χ1) is 6.49. The standard InChI is InChI=1S/C9H17NO4/c1-3-4-7(9(13)14)10(2)6-5-8(11)12/h7H,3-6H2,1-2H3,(H,11,12)(H,13,14). The zero-order valence-electron chi connectivity index (χ0n) is 8.56. The van der Waals surface area contributed by atoms with Crippen LogP contribution >= 0.6 is 0 Å². The van der Waals surface area contributed by atoms with E-state index in [1.807, 2.05) is 6.92 Å². The number of likely N-dealkylation sites (N-methyl/N-ethyl adjacent to an activating group) is 1. The summed E-state index contributed by atoms with van der Waals surface area (Å²) in [4.78, 5) is 22.6. The Morgan fingerprint density at radius 2 is 1.93 bits per heavy atom. The Kier molecular flexibility index (Phi) is 5.87. The van der Waals surface area contributed by atoms with Gasteiger partial charge in [0.2, 0.25) is 0 Å². The van der Waals surface area contributed by atoms with Gasteiger partial charge in [-0.05, 0) is 13.5 Å². The summed E-state index contributed by atoms with van der Waals surface area (Å²) in [6, 6.07) is -0.570. The molecule has 0 amide bonds. The van der Waals surface area contributed by atoms with Crippen molar-refractivity contribution in [1.29, 1.82) is 0 Å². The number of aliphatic carboxylic acids is 2. The van der Waals surface area contributed by atoms with Crippen molar-refractivity contribution in [1.82, 2.24) is 4.90 Å². The van der Waals surface area contributed by atoms with Crippen molar-refractivity contribution >= 4 is 11.9 Å². The Morgan fingerprint density at radius 3 is 2.29 bits per heavy atom. The second kappa shape index (κ2) is 6.37. The van der Waals surface area contributed by atoms with E-state index in [4.69, 9.17) is 10.2 Å². The number of carbonyl (C=O) groups is 2. The van der Waals surface area contributed by atoms with Gasteiger partial charge in [-0.15, -0.1) is 0 Å². The molecule has 1 unspecified atom stereocenters. The molecule has 0 aromatic rings. The van der Waals surface area contributed by atoms with E-state index in [1.54, 1.807) is 11.9 Å². The molecule has 14 heavy (non-hydrogen) atoms. The van der Waals surface area contributed by atoms with Crippen molar-refractivity contribution < 1.29 is 19.8 Å². The molecule has 0 saturated carbocycles. The quantitative estimate of drug-likeness (QED) is 0.635. The van der Waals surface area contributed by atoms with Crippen LogP contribution in [0.5, 0.6) is 0 Å². The number of nitrogens with zero attached hydrogens (tertiary/aromatic N) is 1. The number of hydrogen-bond acceptors (Lipinski definition) is 3. The van der Waals surface area contributed by atoms with E-state index in [2.05, 4.69) is 0 Å². The fraction of sp³-hybridized carbons (Fsp3) is 0.778. The van der Waals surface area contributed by atoms with Gasteiger partial charge in [-0.2, -0.15) is 0 Å². The van der Waals surface area contributed by atoms with Gasteiger partial charge >= 0.3 is 11.9 Å². The first kappa shape index (κ1) is 12.9. The minimum absolute atomic E-state index is 0.0238. The van der Waals surface area contributed by atoms with Crippen LogP contribution in [0.15, 0.2) is 0 Å². The van der Waals surface area contributed by atoms with Crippen LogP contribution in [-0.4, -0.2) is 46.7 Å². The SMILES string of the molecule is CCCC(C(=O)O)N(C)CCC(=O)O. The highest BCUT2D eigenvalue weighted by Gasteiger charge is 2.21. The lowest BCUT2D eigenvalue weighted by Crippen LogP contribution is -2.39. The Bertz CT molecular complexity index is 205. The fourth-order valence-electron chi connectivity index (χ4n) is 1.23. The number of carboxylic acids is 2. The van der Waals surface area contributed by atoms with E-state index in [9.17, 15) is 9.59 Å². The predicted molar refractivity (Wildman–Crippen MR) is 51.2 cm³/mol. The lowest BCUT2D eigenvalue weighted by molar-refractivity contribution is -0.144. The minimum atomic E-state index is -0.905. The Labute approximate surface area is 83.3 Å². The molecule has 0 aliphatic carbocycles. The average molecular weight is 203 g/mol. The van der Waals surface area contributed by atoms with Crippen LogP contribution in [0.25, 0.3) is 0 Å². The van der Waals surface area contributed by atoms with Crippen molar-refractivity contribution in [3.05, 3.63) is 0 Å². The van der Waals surface area contributed by atoms with Crippen LogP contribution in [-0.2, 0) is 9.59 Å². The second-order valence-corrected chi connectivity index (χ2v) is 3.27. The van der Waals surface area contributed by atoms with E-state index >= 15 is 0 Å². The third kappa shape index (κ3) is 4.81. The third-order valence-corrected chi connectivity index (χ3v) is 2.06. The largest absolute Gasteiger partial charge is 0.481 e. The molecule has 5 nitrogen and oxygen atoms in total. The van der Waals surface area contributed by atoms with Gasteiger partial charge in [0.1, 0.15) is 6.04 Å². The molecule has 0 rings (SSSR count). The normalized spacial score (nSPS) is 12.8. The first-order valence-corrected chi connectivity index (χ1v) is 4.63. The third-order valence-electron chi connectivity index (χ3n) is 2.06. The Morgan fingerprint density at radius 1 is 1.36 bits per heavy atom. The van der Waals surface area contributed by atoms with Gasteiger partial charge in [-0.3, -0.25) is 14.5 Å². The van der Waals surface area contributed by atoms with Gasteiger partial charge in [0.25, 0.3) is 0 Å². The van der Waals surface area contributed by atoms with Gasteiger partial charge in [0.05, 0.1) is 6.42 Å². The average Bonchev–Trinajstić information content (AvgIpc) is 2.09. The zero-order chi connectivity index (χ0) is 11.1. The maximum Gasteiger partial charge on any atom is 0.320 e. The number of hydrogen-bond donors (Lipinski definition) is 2. The molecular weight excluding hydrogens is 186 g/mol. The lowest BCUT2D eigenvalue weighted by atomic mass is 10.1. The smallest absolute Gasteiger partial charge is 0.320 e. The van der Waals surface area contributed by atoms with Crippen molar-refractivity contribution in [3.63, 3.8) is 0 Å². The molecule has 0 spiro atoms. The monoisotopic (exact) mass is 203 g/mol.